The number of hydrogen-bond donors (Lipinski definition) is 1. The third-order valence-corrected chi connectivity index (χ3v) is 6.04. The molecule has 0 aliphatic carbocycles. The Morgan fingerprint density at radius 2 is 1.88 bits per heavy atom. The molecule has 1 heterocycles. The van der Waals surface area contributed by atoms with Crippen molar-refractivity contribution in [3.05, 3.63) is 63.9 Å². The molecule has 2 aromatic rings. The van der Waals surface area contributed by atoms with Gasteiger partial charge in [0.15, 0.2) is 0 Å². The summed E-state index contributed by atoms with van der Waals surface area (Å²) in [5.74, 6) is -1.57. The maximum atomic E-state index is 13.3. The van der Waals surface area contributed by atoms with Gasteiger partial charge >= 0.3 is 0 Å². The van der Waals surface area contributed by atoms with Crippen molar-refractivity contribution in [1.29, 1.82) is 0 Å². The van der Waals surface area contributed by atoms with E-state index in [9.17, 15) is 18.8 Å². The maximum Gasteiger partial charge on any atom is 0.253 e. The molecule has 1 unspecified atom stereocenters. The van der Waals surface area contributed by atoms with Crippen molar-refractivity contribution in [3.8, 4) is 0 Å². The highest BCUT2D eigenvalue weighted by atomic mass is 35.5. The Kier molecular flexibility index (Phi) is 8.69. The Morgan fingerprint density at radius 1 is 1.15 bits per heavy atom. The van der Waals surface area contributed by atoms with Crippen LogP contribution in [0.25, 0.3) is 0 Å². The predicted molar refractivity (Wildman–Crippen MR) is 127 cm³/mol. The molecule has 1 fully saturated rings. The van der Waals surface area contributed by atoms with Gasteiger partial charge in [0, 0.05) is 30.2 Å². The van der Waals surface area contributed by atoms with Crippen LogP contribution in [0.4, 0.5) is 10.1 Å². The van der Waals surface area contributed by atoms with Crippen LogP contribution < -0.4 is 5.32 Å². The second-order valence-electron chi connectivity index (χ2n) is 8.03. The number of hydrogen-bond acceptors (Lipinski definition) is 3. The molecule has 1 N–H and O–H groups in total. The summed E-state index contributed by atoms with van der Waals surface area (Å²) in [6, 6.07) is 10.1. The Bertz CT molecular complexity index is 1020. The van der Waals surface area contributed by atoms with Gasteiger partial charge in [-0.1, -0.05) is 30.1 Å². The molecule has 0 radical (unpaired) electrons. The van der Waals surface area contributed by atoms with E-state index >= 15 is 0 Å². The molecule has 0 aromatic heterocycles. The molecule has 0 bridgehead atoms. The molecule has 3 rings (SSSR count). The molecular formula is C24H26Cl2FN3O3. The lowest BCUT2D eigenvalue weighted by Crippen LogP contribution is -2.48. The Labute approximate surface area is 202 Å². The zero-order valence-corrected chi connectivity index (χ0v) is 19.8. The summed E-state index contributed by atoms with van der Waals surface area (Å²) >= 11 is 12.0. The number of amides is 3. The van der Waals surface area contributed by atoms with Gasteiger partial charge in [0.1, 0.15) is 5.82 Å². The lowest BCUT2D eigenvalue weighted by atomic mass is 9.95. The summed E-state index contributed by atoms with van der Waals surface area (Å²) in [6.45, 7) is 3.03. The van der Waals surface area contributed by atoms with E-state index in [2.05, 4.69) is 5.32 Å². The van der Waals surface area contributed by atoms with Crippen molar-refractivity contribution in [2.75, 3.05) is 31.5 Å². The van der Waals surface area contributed by atoms with Gasteiger partial charge in [-0.25, -0.2) is 4.39 Å². The molecule has 33 heavy (non-hydrogen) atoms. The summed E-state index contributed by atoms with van der Waals surface area (Å²) < 4.78 is 13.2. The molecule has 0 spiro atoms. The first kappa shape index (κ1) is 25.0. The van der Waals surface area contributed by atoms with E-state index in [1.165, 1.54) is 35.2 Å². The molecule has 6 nitrogen and oxygen atoms in total. The van der Waals surface area contributed by atoms with E-state index in [4.69, 9.17) is 23.2 Å². The lowest BCUT2D eigenvalue weighted by molar-refractivity contribution is -0.139. The molecule has 1 saturated heterocycles. The zero-order chi connectivity index (χ0) is 24.0. The molecule has 9 heteroatoms. The average Bonchev–Trinajstić information content (AvgIpc) is 2.80. The normalized spacial score (nSPS) is 15.8. The van der Waals surface area contributed by atoms with E-state index < -0.39 is 11.7 Å². The van der Waals surface area contributed by atoms with Gasteiger partial charge in [-0.05, 0) is 61.7 Å². The van der Waals surface area contributed by atoms with Crippen molar-refractivity contribution >= 4 is 46.6 Å². The fourth-order valence-corrected chi connectivity index (χ4v) is 4.34. The summed E-state index contributed by atoms with van der Waals surface area (Å²) in [7, 11) is 0. The third-order valence-electron chi connectivity index (χ3n) is 5.49. The number of nitrogens with one attached hydrogen (secondary N) is 1. The van der Waals surface area contributed by atoms with Gasteiger partial charge in [0.05, 0.1) is 23.2 Å². The fourth-order valence-electron chi connectivity index (χ4n) is 3.89. The summed E-state index contributed by atoms with van der Waals surface area (Å²) in [6.07, 6.45) is 2.00. The predicted octanol–water partition coefficient (Wildman–Crippen LogP) is 4.86. The SMILES string of the molecule is CCCN(CC(=O)Nc1ccc(Cl)cc1Cl)C(=O)C1CCCN(C(=O)c2ccc(F)cc2)C1. The first-order valence-corrected chi connectivity index (χ1v) is 11.6. The van der Waals surface area contributed by atoms with E-state index in [0.717, 1.165) is 0 Å². The minimum atomic E-state index is -0.411. The Morgan fingerprint density at radius 3 is 2.55 bits per heavy atom. The maximum absolute atomic E-state index is 13.3. The highest BCUT2D eigenvalue weighted by Gasteiger charge is 2.32. The summed E-state index contributed by atoms with van der Waals surface area (Å²) in [5.41, 5.74) is 0.804. The van der Waals surface area contributed by atoms with Crippen molar-refractivity contribution in [1.82, 2.24) is 9.80 Å². The number of nitrogens with zero attached hydrogens (tertiary/aromatic N) is 2. The van der Waals surface area contributed by atoms with Crippen LogP contribution in [-0.4, -0.2) is 53.7 Å². The standard InChI is InChI=1S/C24H26Cl2FN3O3/c1-2-11-29(15-22(31)28-21-10-7-18(25)13-20(21)26)24(33)17-4-3-12-30(14-17)23(32)16-5-8-19(27)9-6-16/h5-10,13,17H,2-4,11-12,14-15H2,1H3,(H,28,31). The monoisotopic (exact) mass is 493 g/mol. The smallest absolute Gasteiger partial charge is 0.253 e. The number of anilines is 1. The topological polar surface area (TPSA) is 69.7 Å². The second kappa shape index (κ2) is 11.5. The van der Waals surface area contributed by atoms with Gasteiger partial charge in [-0.15, -0.1) is 0 Å². The molecule has 1 aliphatic rings. The quantitative estimate of drug-likeness (QED) is 0.598. The van der Waals surface area contributed by atoms with Gasteiger partial charge in [0.25, 0.3) is 5.91 Å². The number of halogens is 3. The highest BCUT2D eigenvalue weighted by Crippen LogP contribution is 2.26. The molecule has 0 saturated carbocycles. The summed E-state index contributed by atoms with van der Waals surface area (Å²) in [5, 5.41) is 3.49. The lowest BCUT2D eigenvalue weighted by Gasteiger charge is -2.35. The Hall–Kier alpha value is -2.64. The number of rotatable bonds is 7. The third kappa shape index (κ3) is 6.68. The van der Waals surface area contributed by atoms with Gasteiger partial charge in [-0.2, -0.15) is 0 Å². The van der Waals surface area contributed by atoms with Crippen LogP contribution >= 0.6 is 23.2 Å². The first-order chi connectivity index (χ1) is 15.8. The molecular weight excluding hydrogens is 468 g/mol. The van der Waals surface area contributed by atoms with Gasteiger partial charge in [0.2, 0.25) is 11.8 Å². The van der Waals surface area contributed by atoms with Crippen LogP contribution in [0.1, 0.15) is 36.5 Å². The number of piperidine rings is 1. The van der Waals surface area contributed by atoms with Crippen molar-refractivity contribution in [2.45, 2.75) is 26.2 Å². The van der Waals surface area contributed by atoms with E-state index in [0.29, 0.717) is 53.6 Å². The molecule has 176 valence electrons. The van der Waals surface area contributed by atoms with Crippen LogP contribution in [0.3, 0.4) is 0 Å². The highest BCUT2D eigenvalue weighted by molar-refractivity contribution is 6.36. The minimum absolute atomic E-state index is 0.117. The number of carbonyl (C=O) groups excluding carboxylic acids is 3. The van der Waals surface area contributed by atoms with Crippen LogP contribution in [0.5, 0.6) is 0 Å². The number of benzene rings is 2. The van der Waals surface area contributed by atoms with Crippen LogP contribution in [0.2, 0.25) is 10.0 Å². The summed E-state index contributed by atoms with van der Waals surface area (Å²) in [4.78, 5) is 41.8. The molecule has 2 aromatic carbocycles. The number of likely N-dealkylation sites (tertiary alicyclic amines) is 1. The van der Waals surface area contributed by atoms with Crippen molar-refractivity contribution in [3.63, 3.8) is 0 Å². The zero-order valence-electron chi connectivity index (χ0n) is 18.3. The minimum Gasteiger partial charge on any atom is -0.338 e. The van der Waals surface area contributed by atoms with Crippen molar-refractivity contribution in [2.24, 2.45) is 5.92 Å². The number of carbonyl (C=O) groups is 3. The van der Waals surface area contributed by atoms with Crippen LogP contribution in [0.15, 0.2) is 42.5 Å². The van der Waals surface area contributed by atoms with Crippen LogP contribution in [-0.2, 0) is 9.59 Å². The average molecular weight is 494 g/mol. The largest absolute Gasteiger partial charge is 0.338 e. The van der Waals surface area contributed by atoms with E-state index in [1.54, 1.807) is 17.0 Å². The van der Waals surface area contributed by atoms with Crippen LogP contribution in [0, 0.1) is 11.7 Å². The second-order valence-corrected chi connectivity index (χ2v) is 8.87. The van der Waals surface area contributed by atoms with Crippen molar-refractivity contribution < 1.29 is 18.8 Å². The van der Waals surface area contributed by atoms with Gasteiger partial charge < -0.3 is 15.1 Å². The molecule has 1 atom stereocenters. The first-order valence-electron chi connectivity index (χ1n) is 10.9. The van der Waals surface area contributed by atoms with Gasteiger partial charge in [-0.3, -0.25) is 14.4 Å². The van der Waals surface area contributed by atoms with E-state index in [-0.39, 0.29) is 30.8 Å². The Balaban J connectivity index is 1.64. The molecule has 3 amide bonds. The van der Waals surface area contributed by atoms with E-state index in [1.807, 2.05) is 6.92 Å². The molecule has 1 aliphatic heterocycles. The fraction of sp³-hybridized carbons (Fsp3) is 0.375.